The summed E-state index contributed by atoms with van der Waals surface area (Å²) in [5.41, 5.74) is 4.26. The monoisotopic (exact) mass is 466 g/mol. The van der Waals surface area contributed by atoms with Gasteiger partial charge in [-0.1, -0.05) is 69.0 Å². The van der Waals surface area contributed by atoms with Crippen LogP contribution >= 0.6 is 0 Å². The second-order valence-electron chi connectivity index (χ2n) is 11.1. The molecule has 4 rings (SSSR count). The molecule has 2 fully saturated rings. The van der Waals surface area contributed by atoms with E-state index in [9.17, 15) is 4.39 Å². The van der Waals surface area contributed by atoms with E-state index in [0.717, 1.165) is 23.5 Å². The molecule has 0 spiro atoms. The van der Waals surface area contributed by atoms with Crippen molar-refractivity contribution in [3.05, 3.63) is 59.4 Å². The zero-order valence-corrected chi connectivity index (χ0v) is 21.2. The van der Waals surface area contributed by atoms with Crippen molar-refractivity contribution in [1.82, 2.24) is 0 Å². The summed E-state index contributed by atoms with van der Waals surface area (Å²) in [4.78, 5) is 0. The molecule has 2 aromatic rings. The van der Waals surface area contributed by atoms with E-state index in [0.29, 0.717) is 24.2 Å². The van der Waals surface area contributed by atoms with Crippen LogP contribution in [0.4, 0.5) is 8.78 Å². The molecule has 0 atom stereocenters. The highest BCUT2D eigenvalue weighted by Gasteiger charge is 2.24. The van der Waals surface area contributed by atoms with E-state index in [1.807, 2.05) is 12.1 Å². The molecule has 0 heterocycles. The number of halogens is 2. The van der Waals surface area contributed by atoms with Gasteiger partial charge in [-0.15, -0.1) is 0 Å². The lowest BCUT2D eigenvalue weighted by atomic mass is 9.76. The Morgan fingerprint density at radius 2 is 1.24 bits per heavy atom. The minimum Gasteiger partial charge on any atom is -0.251 e. The zero-order valence-electron chi connectivity index (χ0n) is 21.2. The average molecular weight is 467 g/mol. The van der Waals surface area contributed by atoms with Crippen LogP contribution in [-0.2, 0) is 0 Å². The highest BCUT2D eigenvalue weighted by molar-refractivity contribution is 5.65. The molecule has 0 aromatic heterocycles. The Morgan fingerprint density at radius 3 is 1.79 bits per heavy atom. The van der Waals surface area contributed by atoms with E-state index in [-0.39, 0.29) is 12.5 Å². The van der Waals surface area contributed by atoms with Crippen molar-refractivity contribution >= 4 is 0 Å². The average Bonchev–Trinajstić information content (AvgIpc) is 2.88. The molecular weight excluding hydrogens is 422 g/mol. The summed E-state index contributed by atoms with van der Waals surface area (Å²) in [6.07, 6.45) is 17.0. The second kappa shape index (κ2) is 12.8. The van der Waals surface area contributed by atoms with Crippen molar-refractivity contribution in [3.63, 3.8) is 0 Å². The lowest BCUT2D eigenvalue weighted by Gasteiger charge is -2.29. The summed E-state index contributed by atoms with van der Waals surface area (Å²) in [6, 6.07) is 14.6. The van der Waals surface area contributed by atoms with Crippen LogP contribution in [0.5, 0.6) is 0 Å². The lowest BCUT2D eigenvalue weighted by Crippen LogP contribution is -2.13. The van der Waals surface area contributed by atoms with Crippen LogP contribution in [0.2, 0.25) is 0 Å². The van der Waals surface area contributed by atoms with E-state index in [1.54, 1.807) is 0 Å². The standard InChI is InChI=1S/C32H44F2/c1-2-3-4-6-24-10-14-28(15-11-24)30-20-21-31(32(34)23-30)29-18-16-27(17-19-29)26-12-8-25(9-13-26)7-5-22-33/h16-21,23-26,28H,2-15,22H2,1H3. The zero-order chi connectivity index (χ0) is 23.8. The summed E-state index contributed by atoms with van der Waals surface area (Å²) in [5, 5.41) is 0. The number of rotatable bonds is 10. The maximum atomic E-state index is 15.1. The molecule has 2 heteroatoms. The van der Waals surface area contributed by atoms with Gasteiger partial charge in [-0.3, -0.25) is 4.39 Å². The second-order valence-corrected chi connectivity index (χ2v) is 11.1. The van der Waals surface area contributed by atoms with Gasteiger partial charge in [0.25, 0.3) is 0 Å². The SMILES string of the molecule is CCCCCC1CCC(c2ccc(-c3ccc(C4CCC(CCCF)CC4)cc3)c(F)c2)CC1. The number of alkyl halides is 1. The summed E-state index contributed by atoms with van der Waals surface area (Å²) < 4.78 is 27.6. The van der Waals surface area contributed by atoms with Crippen molar-refractivity contribution in [3.8, 4) is 11.1 Å². The molecule has 2 saturated carbocycles. The number of hydrogen-bond donors (Lipinski definition) is 0. The van der Waals surface area contributed by atoms with Crippen molar-refractivity contribution in [2.45, 2.75) is 109 Å². The van der Waals surface area contributed by atoms with E-state index < -0.39 is 0 Å². The van der Waals surface area contributed by atoms with Crippen molar-refractivity contribution in [2.75, 3.05) is 6.67 Å². The van der Waals surface area contributed by atoms with Gasteiger partial charge in [0.2, 0.25) is 0 Å². The Kier molecular flexibility index (Phi) is 9.59. The number of benzene rings is 2. The third kappa shape index (κ3) is 6.70. The first-order valence-corrected chi connectivity index (χ1v) is 14.1. The van der Waals surface area contributed by atoms with Crippen LogP contribution in [0, 0.1) is 17.7 Å². The highest BCUT2D eigenvalue weighted by Crippen LogP contribution is 2.40. The van der Waals surface area contributed by atoms with E-state index in [4.69, 9.17) is 0 Å². The highest BCUT2D eigenvalue weighted by atomic mass is 19.1. The quantitative estimate of drug-likeness (QED) is 0.305. The smallest absolute Gasteiger partial charge is 0.131 e. The maximum Gasteiger partial charge on any atom is 0.131 e. The Balaban J connectivity index is 1.32. The summed E-state index contributed by atoms with van der Waals surface area (Å²) in [6.45, 7) is 2.09. The molecule has 2 aliphatic rings. The molecule has 2 aromatic carbocycles. The van der Waals surface area contributed by atoms with Gasteiger partial charge < -0.3 is 0 Å². The topological polar surface area (TPSA) is 0 Å². The largest absolute Gasteiger partial charge is 0.251 e. The molecule has 0 bridgehead atoms. The maximum absolute atomic E-state index is 15.1. The fourth-order valence-electron chi connectivity index (χ4n) is 6.57. The van der Waals surface area contributed by atoms with Gasteiger partial charge in [-0.05, 0) is 111 Å². The molecule has 0 radical (unpaired) electrons. The summed E-state index contributed by atoms with van der Waals surface area (Å²) in [5.74, 6) is 2.63. The fourth-order valence-corrected chi connectivity index (χ4v) is 6.57. The van der Waals surface area contributed by atoms with Gasteiger partial charge in [0.1, 0.15) is 5.82 Å². The Hall–Kier alpha value is -1.70. The third-order valence-corrected chi connectivity index (χ3v) is 8.81. The predicted molar refractivity (Wildman–Crippen MR) is 141 cm³/mol. The molecule has 0 unspecified atom stereocenters. The third-order valence-electron chi connectivity index (χ3n) is 8.81. The van der Waals surface area contributed by atoms with Gasteiger partial charge in [-0.25, -0.2) is 4.39 Å². The molecule has 186 valence electrons. The molecule has 0 aliphatic heterocycles. The van der Waals surface area contributed by atoms with Crippen LogP contribution in [0.3, 0.4) is 0 Å². The number of unbranched alkanes of at least 4 members (excludes halogenated alkanes) is 2. The Bertz CT molecular complexity index is 855. The Labute approximate surface area is 206 Å². The molecule has 0 N–H and O–H groups in total. The molecular formula is C32H44F2. The molecule has 0 amide bonds. The summed E-state index contributed by atoms with van der Waals surface area (Å²) >= 11 is 0. The summed E-state index contributed by atoms with van der Waals surface area (Å²) in [7, 11) is 0. The van der Waals surface area contributed by atoms with Crippen LogP contribution in [-0.4, -0.2) is 6.67 Å². The van der Waals surface area contributed by atoms with Gasteiger partial charge in [0.05, 0.1) is 6.67 Å². The van der Waals surface area contributed by atoms with Crippen LogP contribution in [0.1, 0.15) is 120 Å². The first-order chi connectivity index (χ1) is 16.7. The van der Waals surface area contributed by atoms with E-state index in [2.05, 4.69) is 37.3 Å². The van der Waals surface area contributed by atoms with E-state index >= 15 is 4.39 Å². The van der Waals surface area contributed by atoms with Crippen LogP contribution in [0.25, 0.3) is 11.1 Å². The van der Waals surface area contributed by atoms with E-state index in [1.165, 1.54) is 88.2 Å². The van der Waals surface area contributed by atoms with Crippen molar-refractivity contribution in [2.24, 2.45) is 11.8 Å². The van der Waals surface area contributed by atoms with Crippen LogP contribution in [0.15, 0.2) is 42.5 Å². The number of hydrogen-bond acceptors (Lipinski definition) is 0. The molecule has 0 saturated heterocycles. The van der Waals surface area contributed by atoms with Gasteiger partial charge in [0, 0.05) is 5.56 Å². The Morgan fingerprint density at radius 1 is 0.676 bits per heavy atom. The first-order valence-electron chi connectivity index (χ1n) is 14.1. The minimum atomic E-state index is -0.181. The first kappa shape index (κ1) is 25.4. The fraction of sp³-hybridized carbons (Fsp3) is 0.625. The van der Waals surface area contributed by atoms with Gasteiger partial charge in [-0.2, -0.15) is 0 Å². The minimum absolute atomic E-state index is 0.0799. The van der Waals surface area contributed by atoms with Crippen molar-refractivity contribution in [1.29, 1.82) is 0 Å². The molecule has 2 aliphatic carbocycles. The normalized spacial score (nSPS) is 25.4. The predicted octanol–water partition coefficient (Wildman–Crippen LogP) is 10.4. The van der Waals surface area contributed by atoms with Gasteiger partial charge in [0.15, 0.2) is 0 Å². The molecule has 34 heavy (non-hydrogen) atoms. The van der Waals surface area contributed by atoms with Crippen molar-refractivity contribution < 1.29 is 8.78 Å². The van der Waals surface area contributed by atoms with Gasteiger partial charge >= 0.3 is 0 Å². The van der Waals surface area contributed by atoms with Crippen LogP contribution < -0.4 is 0 Å². The molecule has 0 nitrogen and oxygen atoms in total. The lowest BCUT2D eigenvalue weighted by molar-refractivity contribution is 0.293.